The zero-order chi connectivity index (χ0) is 24.5. The van der Waals surface area contributed by atoms with Gasteiger partial charge in [0.2, 0.25) is 5.91 Å². The molecular weight excluding hydrogens is 450 g/mol. The Morgan fingerprint density at radius 1 is 0.944 bits per heavy atom. The fraction of sp³-hybridized carbons (Fsp3) is 0.207. The molecule has 1 fully saturated rings. The van der Waals surface area contributed by atoms with Gasteiger partial charge in [0.15, 0.2) is 11.4 Å². The summed E-state index contributed by atoms with van der Waals surface area (Å²) in [5.41, 5.74) is 4.62. The Kier molecular flexibility index (Phi) is 5.72. The molecule has 6 rings (SSSR count). The maximum Gasteiger partial charge on any atom is 0.244 e. The number of carbonyl (C=O) groups excluding carboxylic acids is 1. The molecule has 3 aromatic carbocycles. The summed E-state index contributed by atoms with van der Waals surface area (Å²) in [6, 6.07) is 23.1. The zero-order valence-electron chi connectivity index (χ0n) is 19.7. The first-order chi connectivity index (χ1) is 17.7. The molecule has 0 spiro atoms. The molecule has 178 valence electrons. The summed E-state index contributed by atoms with van der Waals surface area (Å²) >= 11 is 0. The third-order valence-corrected chi connectivity index (χ3v) is 6.95. The highest BCUT2D eigenvalue weighted by molar-refractivity contribution is 5.99. The fourth-order valence-electron chi connectivity index (χ4n) is 5.04. The molecule has 4 aromatic rings. The average molecular weight is 476 g/mol. The van der Waals surface area contributed by atoms with Gasteiger partial charge in [-0.25, -0.2) is 9.83 Å². The van der Waals surface area contributed by atoms with Crippen molar-refractivity contribution in [3.63, 3.8) is 0 Å². The van der Waals surface area contributed by atoms with Crippen LogP contribution in [0.3, 0.4) is 0 Å². The van der Waals surface area contributed by atoms with Gasteiger partial charge in [-0.15, -0.1) is 0 Å². The number of benzene rings is 3. The first-order valence-corrected chi connectivity index (χ1v) is 12.1. The molecule has 1 saturated heterocycles. The lowest BCUT2D eigenvalue weighted by molar-refractivity contribution is -0.126. The number of hydrogen-bond donors (Lipinski definition) is 0. The number of anilines is 1. The van der Waals surface area contributed by atoms with Crippen LogP contribution in [0.15, 0.2) is 85.3 Å². The predicted octanol–water partition coefficient (Wildman–Crippen LogP) is 5.05. The second kappa shape index (κ2) is 9.33. The summed E-state index contributed by atoms with van der Waals surface area (Å²) in [6.45, 7) is 9.78. The number of hydrogen-bond acceptors (Lipinski definition) is 4. The number of piperazine rings is 1. The highest BCUT2D eigenvalue weighted by Gasteiger charge is 2.38. The van der Waals surface area contributed by atoms with Crippen LogP contribution in [0.5, 0.6) is 11.5 Å². The molecule has 7 nitrogen and oxygen atoms in total. The zero-order valence-corrected chi connectivity index (χ0v) is 19.7. The standard InChI is InChI=1S/C29H25N5O2/c1-30-23-12-10-21(11-13-23)18-33-20-31-17-24(33)19-32-14-15-34-25-7-3-5-9-28(25)36-27-8-4-2-6-22(27)16-26(32)29(34)35/h2-13,17,20,26H,14-16,18-19H2. The third-order valence-electron chi connectivity index (χ3n) is 6.95. The number of amides is 1. The number of fused-ring (bicyclic) bond motifs is 5. The van der Waals surface area contributed by atoms with E-state index in [0.29, 0.717) is 37.5 Å². The Morgan fingerprint density at radius 2 is 1.72 bits per heavy atom. The Morgan fingerprint density at radius 3 is 2.56 bits per heavy atom. The van der Waals surface area contributed by atoms with Crippen molar-refractivity contribution in [1.82, 2.24) is 14.5 Å². The molecule has 3 heterocycles. The molecule has 0 N–H and O–H groups in total. The third kappa shape index (κ3) is 4.12. The number of aromatic nitrogens is 2. The van der Waals surface area contributed by atoms with E-state index in [2.05, 4.69) is 19.3 Å². The van der Waals surface area contributed by atoms with Crippen molar-refractivity contribution in [2.45, 2.75) is 25.6 Å². The molecule has 2 bridgehead atoms. The van der Waals surface area contributed by atoms with Crippen molar-refractivity contribution in [2.75, 3.05) is 18.0 Å². The quantitative estimate of drug-likeness (QED) is 0.388. The van der Waals surface area contributed by atoms with Crippen LogP contribution in [-0.2, 0) is 24.3 Å². The molecular formula is C29H25N5O2. The molecule has 2 aliphatic rings. The number of nitrogens with zero attached hydrogens (tertiary/aromatic N) is 5. The van der Waals surface area contributed by atoms with Crippen molar-refractivity contribution in [2.24, 2.45) is 0 Å². The summed E-state index contributed by atoms with van der Waals surface area (Å²) in [7, 11) is 0. The predicted molar refractivity (Wildman–Crippen MR) is 137 cm³/mol. The summed E-state index contributed by atoms with van der Waals surface area (Å²) in [6.07, 6.45) is 4.29. The molecule has 36 heavy (non-hydrogen) atoms. The van der Waals surface area contributed by atoms with Crippen LogP contribution in [0.1, 0.15) is 16.8 Å². The lowest BCUT2D eigenvalue weighted by atomic mass is 10.00. The van der Waals surface area contributed by atoms with Gasteiger partial charge in [-0.05, 0) is 29.3 Å². The van der Waals surface area contributed by atoms with Crippen molar-refractivity contribution in [3.05, 3.63) is 114 Å². The number of imidazole rings is 1. The van der Waals surface area contributed by atoms with Crippen LogP contribution >= 0.6 is 0 Å². The van der Waals surface area contributed by atoms with Crippen LogP contribution in [-0.4, -0.2) is 39.5 Å². The van der Waals surface area contributed by atoms with Gasteiger partial charge in [0.25, 0.3) is 0 Å². The van der Waals surface area contributed by atoms with E-state index in [1.54, 1.807) is 0 Å². The molecule has 0 aliphatic carbocycles. The lowest BCUT2D eigenvalue weighted by Gasteiger charge is -2.40. The minimum absolute atomic E-state index is 0.0924. The second-order valence-corrected chi connectivity index (χ2v) is 9.15. The monoisotopic (exact) mass is 475 g/mol. The van der Waals surface area contributed by atoms with E-state index in [-0.39, 0.29) is 11.9 Å². The van der Waals surface area contributed by atoms with E-state index in [1.165, 1.54) is 0 Å². The van der Waals surface area contributed by atoms with E-state index in [4.69, 9.17) is 11.3 Å². The van der Waals surface area contributed by atoms with E-state index < -0.39 is 0 Å². The van der Waals surface area contributed by atoms with Crippen molar-refractivity contribution in [1.29, 1.82) is 0 Å². The normalized spacial score (nSPS) is 17.1. The minimum Gasteiger partial charge on any atom is -0.455 e. The lowest BCUT2D eigenvalue weighted by Crippen LogP contribution is -2.57. The van der Waals surface area contributed by atoms with Crippen LogP contribution in [0.4, 0.5) is 11.4 Å². The van der Waals surface area contributed by atoms with Crippen LogP contribution in [0.2, 0.25) is 0 Å². The molecule has 0 saturated carbocycles. The Hall–Kier alpha value is -4.41. The smallest absolute Gasteiger partial charge is 0.244 e. The van der Waals surface area contributed by atoms with E-state index >= 15 is 0 Å². The van der Waals surface area contributed by atoms with E-state index in [0.717, 1.165) is 34.8 Å². The second-order valence-electron chi connectivity index (χ2n) is 9.15. The summed E-state index contributed by atoms with van der Waals surface area (Å²) in [4.78, 5) is 25.9. The Balaban J connectivity index is 1.30. The molecule has 1 unspecified atom stereocenters. The fourth-order valence-corrected chi connectivity index (χ4v) is 5.04. The van der Waals surface area contributed by atoms with Gasteiger partial charge in [0.05, 0.1) is 30.3 Å². The topological polar surface area (TPSA) is 55.0 Å². The number of ether oxygens (including phenoxy) is 1. The van der Waals surface area contributed by atoms with Crippen LogP contribution in [0.25, 0.3) is 4.85 Å². The Bertz CT molecular complexity index is 1450. The van der Waals surface area contributed by atoms with E-state index in [1.807, 2.05) is 90.2 Å². The van der Waals surface area contributed by atoms with Crippen LogP contribution < -0.4 is 9.64 Å². The first-order valence-electron chi connectivity index (χ1n) is 12.1. The molecule has 0 radical (unpaired) electrons. The number of rotatable bonds is 4. The van der Waals surface area contributed by atoms with Gasteiger partial charge in [-0.2, -0.15) is 0 Å². The Labute approximate surface area is 210 Å². The molecule has 2 aliphatic heterocycles. The number of para-hydroxylation sites is 3. The van der Waals surface area contributed by atoms with Gasteiger partial charge in [-0.3, -0.25) is 9.69 Å². The van der Waals surface area contributed by atoms with Gasteiger partial charge in [0.1, 0.15) is 5.75 Å². The molecule has 7 heteroatoms. The highest BCUT2D eigenvalue weighted by Crippen LogP contribution is 2.38. The van der Waals surface area contributed by atoms with E-state index in [9.17, 15) is 4.79 Å². The van der Waals surface area contributed by atoms with Gasteiger partial charge < -0.3 is 14.2 Å². The first kappa shape index (κ1) is 22.1. The van der Waals surface area contributed by atoms with Crippen molar-refractivity contribution in [3.8, 4) is 11.5 Å². The maximum absolute atomic E-state index is 13.9. The molecule has 1 atom stereocenters. The SMILES string of the molecule is [C-]#[N+]c1ccc(Cn2cncc2CN2CCN3C(=O)C2Cc2ccccc2Oc2ccccc23)cc1. The van der Waals surface area contributed by atoms with Crippen LogP contribution in [0, 0.1) is 6.57 Å². The summed E-state index contributed by atoms with van der Waals surface area (Å²) < 4.78 is 8.43. The molecule has 1 aromatic heterocycles. The highest BCUT2D eigenvalue weighted by atomic mass is 16.5. The van der Waals surface area contributed by atoms with Gasteiger partial charge in [-0.1, -0.05) is 54.6 Å². The summed E-state index contributed by atoms with van der Waals surface area (Å²) in [5.74, 6) is 1.59. The average Bonchev–Trinajstić information content (AvgIpc) is 3.34. The minimum atomic E-state index is -0.309. The van der Waals surface area contributed by atoms with Gasteiger partial charge in [0, 0.05) is 38.8 Å². The summed E-state index contributed by atoms with van der Waals surface area (Å²) in [5, 5.41) is 0. The largest absolute Gasteiger partial charge is 0.455 e. The molecule has 1 amide bonds. The van der Waals surface area contributed by atoms with Crippen molar-refractivity contribution >= 4 is 17.3 Å². The van der Waals surface area contributed by atoms with Crippen molar-refractivity contribution < 1.29 is 9.53 Å². The number of carbonyl (C=O) groups is 1. The maximum atomic E-state index is 13.9. The van der Waals surface area contributed by atoms with Gasteiger partial charge >= 0.3 is 0 Å².